The van der Waals surface area contributed by atoms with Gasteiger partial charge in [-0.25, -0.2) is 8.78 Å². The Balaban J connectivity index is 1.51. The lowest BCUT2D eigenvalue weighted by Crippen LogP contribution is -2.47. The molecule has 3 nitrogen and oxygen atoms in total. The molecule has 0 N–H and O–H groups in total. The predicted octanol–water partition coefficient (Wildman–Crippen LogP) is 4.41. The van der Waals surface area contributed by atoms with E-state index in [9.17, 15) is 13.6 Å². The SMILES string of the molecule is O=c1ccc(-c2ccccc2F)c2n1C[C@H]1C[C@H]2CN(Cc2ccc(F)cc2)C1. The number of aromatic nitrogens is 1. The van der Waals surface area contributed by atoms with Crippen molar-refractivity contribution >= 4 is 0 Å². The third kappa shape index (κ3) is 3.40. The summed E-state index contributed by atoms with van der Waals surface area (Å²) in [5.74, 6) is 0.0591. The molecule has 2 atom stereocenters. The van der Waals surface area contributed by atoms with E-state index in [-0.39, 0.29) is 23.1 Å². The first kappa shape index (κ1) is 18.3. The second kappa shape index (κ2) is 7.23. The smallest absolute Gasteiger partial charge is 0.250 e. The Labute approximate surface area is 168 Å². The number of rotatable bonds is 3. The van der Waals surface area contributed by atoms with Crippen LogP contribution in [0.25, 0.3) is 11.1 Å². The highest BCUT2D eigenvalue weighted by Gasteiger charge is 2.36. The number of halogens is 2. The Morgan fingerprint density at radius 2 is 1.66 bits per heavy atom. The molecule has 29 heavy (non-hydrogen) atoms. The summed E-state index contributed by atoms with van der Waals surface area (Å²) in [5, 5.41) is 0. The average Bonchev–Trinajstić information content (AvgIpc) is 2.71. The van der Waals surface area contributed by atoms with Crippen molar-refractivity contribution in [2.75, 3.05) is 13.1 Å². The predicted molar refractivity (Wildman–Crippen MR) is 109 cm³/mol. The molecule has 5 rings (SSSR count). The van der Waals surface area contributed by atoms with E-state index < -0.39 is 0 Å². The van der Waals surface area contributed by atoms with Gasteiger partial charge in [-0.3, -0.25) is 9.69 Å². The van der Waals surface area contributed by atoms with Crippen LogP contribution in [0.1, 0.15) is 23.6 Å². The second-order valence-electron chi connectivity index (χ2n) is 8.18. The molecular formula is C24H22F2N2O. The van der Waals surface area contributed by atoms with E-state index in [4.69, 9.17) is 0 Å². The summed E-state index contributed by atoms with van der Waals surface area (Å²) >= 11 is 0. The molecule has 2 aliphatic heterocycles. The maximum atomic E-state index is 14.5. The highest BCUT2D eigenvalue weighted by Crippen LogP contribution is 2.40. The van der Waals surface area contributed by atoms with Crippen molar-refractivity contribution in [2.45, 2.75) is 25.4 Å². The van der Waals surface area contributed by atoms with E-state index in [0.717, 1.165) is 42.9 Å². The van der Waals surface area contributed by atoms with Crippen molar-refractivity contribution in [1.82, 2.24) is 9.47 Å². The van der Waals surface area contributed by atoms with Gasteiger partial charge in [-0.15, -0.1) is 0 Å². The van der Waals surface area contributed by atoms with Gasteiger partial charge in [-0.05, 0) is 42.2 Å². The molecular weight excluding hydrogens is 370 g/mol. The normalized spacial score (nSPS) is 21.0. The number of hydrogen-bond donors (Lipinski definition) is 0. The summed E-state index contributed by atoms with van der Waals surface area (Å²) in [5.41, 5.74) is 3.37. The standard InChI is InChI=1S/C24H22F2N2O/c25-19-7-5-16(6-8-19)12-27-13-17-11-18(15-27)24-21(9-10-23(29)28(24)14-17)20-3-1-2-4-22(20)26/h1-10,17-18H,11-15H2/t17-,18-/m0/s1. The number of piperidine rings is 1. The lowest BCUT2D eigenvalue weighted by atomic mass is 9.80. The first-order valence-electron chi connectivity index (χ1n) is 10.0. The maximum Gasteiger partial charge on any atom is 0.250 e. The third-order valence-corrected chi connectivity index (χ3v) is 6.15. The first-order valence-corrected chi connectivity index (χ1v) is 10.0. The van der Waals surface area contributed by atoms with E-state index in [1.807, 2.05) is 22.8 Å². The molecule has 0 unspecified atom stereocenters. The highest BCUT2D eigenvalue weighted by molar-refractivity contribution is 5.67. The van der Waals surface area contributed by atoms with Gasteiger partial charge in [0.05, 0.1) is 0 Å². The molecule has 148 valence electrons. The summed E-state index contributed by atoms with van der Waals surface area (Å²) in [6, 6.07) is 16.7. The molecule has 2 aliphatic rings. The zero-order valence-electron chi connectivity index (χ0n) is 16.0. The van der Waals surface area contributed by atoms with Crippen LogP contribution in [0.15, 0.2) is 65.5 Å². The van der Waals surface area contributed by atoms with Crippen molar-refractivity contribution in [3.63, 3.8) is 0 Å². The average molecular weight is 392 g/mol. The van der Waals surface area contributed by atoms with E-state index in [2.05, 4.69) is 4.90 Å². The van der Waals surface area contributed by atoms with E-state index in [1.165, 1.54) is 18.2 Å². The topological polar surface area (TPSA) is 25.2 Å². The lowest BCUT2D eigenvalue weighted by Gasteiger charge is -2.43. The van der Waals surface area contributed by atoms with Crippen molar-refractivity contribution in [2.24, 2.45) is 5.92 Å². The number of likely N-dealkylation sites (tertiary alicyclic amines) is 1. The zero-order valence-corrected chi connectivity index (χ0v) is 16.0. The Kier molecular flexibility index (Phi) is 4.55. The largest absolute Gasteiger partial charge is 0.311 e. The summed E-state index contributed by atoms with van der Waals surface area (Å²) in [4.78, 5) is 15.0. The molecule has 1 saturated heterocycles. The van der Waals surface area contributed by atoms with E-state index >= 15 is 0 Å². The van der Waals surface area contributed by atoms with Crippen molar-refractivity contribution in [1.29, 1.82) is 0 Å². The Bertz CT molecular complexity index is 1110. The Morgan fingerprint density at radius 1 is 0.862 bits per heavy atom. The van der Waals surface area contributed by atoms with Crippen LogP contribution in [0.2, 0.25) is 0 Å². The Morgan fingerprint density at radius 3 is 2.45 bits per heavy atom. The van der Waals surface area contributed by atoms with Crippen molar-refractivity contribution in [3.05, 3.63) is 93.9 Å². The van der Waals surface area contributed by atoms with Gasteiger partial charge in [0.25, 0.3) is 5.56 Å². The molecule has 1 fully saturated rings. The van der Waals surface area contributed by atoms with Crippen LogP contribution < -0.4 is 5.56 Å². The van der Waals surface area contributed by atoms with Gasteiger partial charge in [0.2, 0.25) is 0 Å². The number of hydrogen-bond acceptors (Lipinski definition) is 2. The van der Waals surface area contributed by atoms with Crippen molar-refractivity contribution < 1.29 is 8.78 Å². The summed E-state index contributed by atoms with van der Waals surface area (Å²) in [6.45, 7) is 3.12. The fraction of sp³-hybridized carbons (Fsp3) is 0.292. The molecule has 0 aliphatic carbocycles. The van der Waals surface area contributed by atoms with Crippen LogP contribution in [-0.2, 0) is 13.1 Å². The minimum atomic E-state index is -0.268. The van der Waals surface area contributed by atoms with Crippen LogP contribution in [0.5, 0.6) is 0 Å². The minimum absolute atomic E-state index is 0.0122. The molecule has 1 aromatic heterocycles. The quantitative estimate of drug-likeness (QED) is 0.660. The van der Waals surface area contributed by atoms with E-state index in [1.54, 1.807) is 24.3 Å². The fourth-order valence-corrected chi connectivity index (χ4v) is 5.00. The summed E-state index contributed by atoms with van der Waals surface area (Å²) in [6.07, 6.45) is 1.00. The molecule has 2 bridgehead atoms. The molecule has 0 spiro atoms. The molecule has 0 saturated carbocycles. The lowest BCUT2D eigenvalue weighted by molar-refractivity contribution is 0.114. The van der Waals surface area contributed by atoms with Gasteiger partial charge in [-0.2, -0.15) is 0 Å². The molecule has 3 heterocycles. The zero-order chi connectivity index (χ0) is 20.0. The van der Waals surface area contributed by atoms with E-state index in [0.29, 0.717) is 18.0 Å². The molecule has 0 radical (unpaired) electrons. The van der Waals surface area contributed by atoms with Gasteiger partial charge in [-0.1, -0.05) is 30.3 Å². The van der Waals surface area contributed by atoms with Gasteiger partial charge < -0.3 is 4.57 Å². The van der Waals surface area contributed by atoms with Crippen LogP contribution in [0.4, 0.5) is 8.78 Å². The third-order valence-electron chi connectivity index (χ3n) is 6.15. The Hall–Kier alpha value is -2.79. The van der Waals surface area contributed by atoms with Gasteiger partial charge in [0, 0.05) is 55.0 Å². The molecule has 0 amide bonds. The maximum absolute atomic E-state index is 14.5. The highest BCUT2D eigenvalue weighted by atomic mass is 19.1. The van der Waals surface area contributed by atoms with Crippen LogP contribution in [0, 0.1) is 17.6 Å². The first-order chi connectivity index (χ1) is 14.1. The van der Waals surface area contributed by atoms with Gasteiger partial charge in [0.15, 0.2) is 0 Å². The number of nitrogens with zero attached hydrogens (tertiary/aromatic N) is 2. The monoisotopic (exact) mass is 392 g/mol. The van der Waals surface area contributed by atoms with Crippen LogP contribution in [0.3, 0.4) is 0 Å². The fourth-order valence-electron chi connectivity index (χ4n) is 5.00. The second-order valence-corrected chi connectivity index (χ2v) is 8.18. The van der Waals surface area contributed by atoms with Crippen LogP contribution in [-0.4, -0.2) is 22.6 Å². The molecule has 5 heteroatoms. The van der Waals surface area contributed by atoms with Crippen molar-refractivity contribution in [3.8, 4) is 11.1 Å². The van der Waals surface area contributed by atoms with Gasteiger partial charge >= 0.3 is 0 Å². The molecule has 2 aromatic carbocycles. The summed E-state index contributed by atoms with van der Waals surface area (Å²) < 4.78 is 29.6. The summed E-state index contributed by atoms with van der Waals surface area (Å²) in [7, 11) is 0. The number of fused-ring (bicyclic) bond motifs is 4. The van der Waals surface area contributed by atoms with Crippen LogP contribution >= 0.6 is 0 Å². The molecule has 3 aromatic rings. The number of benzene rings is 2. The number of pyridine rings is 1. The minimum Gasteiger partial charge on any atom is -0.311 e. The van der Waals surface area contributed by atoms with Gasteiger partial charge in [0.1, 0.15) is 11.6 Å².